The molecular formula is C17H19N3O2S. The number of nitrogens with one attached hydrogen (secondary N) is 2. The Morgan fingerprint density at radius 1 is 1.30 bits per heavy atom. The van der Waals surface area contributed by atoms with E-state index < -0.39 is 0 Å². The zero-order valence-corrected chi connectivity index (χ0v) is 13.7. The van der Waals surface area contributed by atoms with Crippen LogP contribution in [0.25, 0.3) is 0 Å². The summed E-state index contributed by atoms with van der Waals surface area (Å²) in [4.78, 5) is 27.0. The van der Waals surface area contributed by atoms with Gasteiger partial charge in [0.25, 0.3) is 0 Å². The molecule has 1 fully saturated rings. The van der Waals surface area contributed by atoms with Crippen LogP contribution >= 0.6 is 11.3 Å². The number of nitrogens with zero attached hydrogens (tertiary/aromatic N) is 1. The molecule has 1 aliphatic rings. The molecule has 1 aromatic heterocycles. The van der Waals surface area contributed by atoms with E-state index in [9.17, 15) is 9.59 Å². The number of urea groups is 1. The first-order chi connectivity index (χ1) is 11.1. The first-order valence-corrected chi connectivity index (χ1v) is 8.44. The van der Waals surface area contributed by atoms with Crippen LogP contribution in [-0.4, -0.2) is 24.5 Å². The van der Waals surface area contributed by atoms with Crippen molar-refractivity contribution in [2.24, 2.45) is 0 Å². The van der Waals surface area contributed by atoms with Gasteiger partial charge < -0.3 is 15.5 Å². The van der Waals surface area contributed by atoms with E-state index in [-0.39, 0.29) is 18.0 Å². The standard InChI is InChI=1S/C17H19N3O2S/c1-12-7-8-23-15(12)10-18-17(22)19-13-9-16(21)20(11-13)14-5-3-2-4-6-14/h2-8,13H,9-11H2,1H3,(H2,18,19,22). The van der Waals surface area contributed by atoms with E-state index in [0.29, 0.717) is 19.5 Å². The fourth-order valence-electron chi connectivity index (χ4n) is 2.64. The van der Waals surface area contributed by atoms with Crippen molar-refractivity contribution in [2.75, 3.05) is 11.4 Å². The summed E-state index contributed by atoms with van der Waals surface area (Å²) in [6, 6.07) is 11.2. The summed E-state index contributed by atoms with van der Waals surface area (Å²) in [7, 11) is 0. The summed E-state index contributed by atoms with van der Waals surface area (Å²) in [5, 5.41) is 7.75. The van der Waals surface area contributed by atoms with Crippen molar-refractivity contribution in [1.29, 1.82) is 0 Å². The number of hydrogen-bond acceptors (Lipinski definition) is 3. The van der Waals surface area contributed by atoms with Crippen LogP contribution in [0.3, 0.4) is 0 Å². The Morgan fingerprint density at radius 2 is 2.09 bits per heavy atom. The molecule has 23 heavy (non-hydrogen) atoms. The van der Waals surface area contributed by atoms with Gasteiger partial charge in [-0.05, 0) is 36.1 Å². The molecule has 0 saturated carbocycles. The van der Waals surface area contributed by atoms with Crippen LogP contribution in [0.15, 0.2) is 41.8 Å². The average molecular weight is 329 g/mol. The van der Waals surface area contributed by atoms with Crippen LogP contribution in [-0.2, 0) is 11.3 Å². The maximum Gasteiger partial charge on any atom is 0.315 e. The lowest BCUT2D eigenvalue weighted by atomic mass is 10.2. The third kappa shape index (κ3) is 3.71. The largest absolute Gasteiger partial charge is 0.333 e. The number of carbonyl (C=O) groups excluding carboxylic acids is 2. The number of thiophene rings is 1. The Kier molecular flexibility index (Phi) is 4.62. The van der Waals surface area contributed by atoms with E-state index in [1.54, 1.807) is 16.2 Å². The van der Waals surface area contributed by atoms with Gasteiger partial charge >= 0.3 is 6.03 Å². The van der Waals surface area contributed by atoms with Gasteiger partial charge in [-0.2, -0.15) is 0 Å². The van der Waals surface area contributed by atoms with E-state index in [1.807, 2.05) is 48.7 Å². The van der Waals surface area contributed by atoms with Gasteiger partial charge in [0, 0.05) is 23.5 Å². The first kappa shape index (κ1) is 15.6. The summed E-state index contributed by atoms with van der Waals surface area (Å²) in [5.41, 5.74) is 2.05. The molecule has 1 atom stereocenters. The normalized spacial score (nSPS) is 17.3. The second-order valence-corrected chi connectivity index (χ2v) is 6.60. The van der Waals surface area contributed by atoms with Crippen LogP contribution in [0.5, 0.6) is 0 Å². The molecule has 0 spiro atoms. The number of carbonyl (C=O) groups is 2. The SMILES string of the molecule is Cc1ccsc1CNC(=O)NC1CC(=O)N(c2ccccc2)C1. The fourth-order valence-corrected chi connectivity index (χ4v) is 3.49. The van der Waals surface area contributed by atoms with Gasteiger partial charge in [0.2, 0.25) is 5.91 Å². The summed E-state index contributed by atoms with van der Waals surface area (Å²) < 4.78 is 0. The number of benzene rings is 1. The zero-order valence-electron chi connectivity index (χ0n) is 12.9. The molecule has 5 nitrogen and oxygen atoms in total. The molecule has 0 bridgehead atoms. The molecule has 2 heterocycles. The molecule has 2 N–H and O–H groups in total. The van der Waals surface area contributed by atoms with Gasteiger partial charge in [-0.3, -0.25) is 4.79 Å². The molecule has 1 saturated heterocycles. The predicted molar refractivity (Wildman–Crippen MR) is 91.6 cm³/mol. The minimum atomic E-state index is -0.231. The van der Waals surface area contributed by atoms with E-state index >= 15 is 0 Å². The van der Waals surface area contributed by atoms with Gasteiger partial charge in [0.15, 0.2) is 0 Å². The number of hydrogen-bond donors (Lipinski definition) is 2. The van der Waals surface area contributed by atoms with Crippen LogP contribution in [0.4, 0.5) is 10.5 Å². The van der Waals surface area contributed by atoms with Gasteiger partial charge in [0.05, 0.1) is 12.6 Å². The third-order valence-corrected chi connectivity index (χ3v) is 4.93. The smallest absolute Gasteiger partial charge is 0.315 e. The highest BCUT2D eigenvalue weighted by molar-refractivity contribution is 7.10. The lowest BCUT2D eigenvalue weighted by Gasteiger charge is -2.17. The number of aryl methyl sites for hydroxylation is 1. The Morgan fingerprint density at radius 3 is 2.78 bits per heavy atom. The predicted octanol–water partition coefficient (Wildman–Crippen LogP) is 2.66. The maximum absolute atomic E-state index is 12.1. The van der Waals surface area contributed by atoms with Crippen molar-refractivity contribution in [2.45, 2.75) is 25.9 Å². The van der Waals surface area contributed by atoms with Gasteiger partial charge in [-0.1, -0.05) is 18.2 Å². The van der Waals surface area contributed by atoms with Crippen molar-refractivity contribution >= 4 is 29.0 Å². The summed E-state index contributed by atoms with van der Waals surface area (Å²) in [5.74, 6) is 0.0376. The first-order valence-electron chi connectivity index (χ1n) is 7.56. The van der Waals surface area contributed by atoms with Gasteiger partial charge in [-0.15, -0.1) is 11.3 Å². The van der Waals surface area contributed by atoms with Crippen LogP contribution in [0.2, 0.25) is 0 Å². The quantitative estimate of drug-likeness (QED) is 0.906. The molecule has 1 unspecified atom stereocenters. The molecule has 1 aliphatic heterocycles. The maximum atomic E-state index is 12.1. The average Bonchev–Trinajstić information content (AvgIpc) is 3.12. The summed E-state index contributed by atoms with van der Waals surface area (Å²) in [6.07, 6.45) is 0.334. The van der Waals surface area contributed by atoms with Crippen LogP contribution in [0, 0.1) is 6.92 Å². The second kappa shape index (κ2) is 6.83. The van der Waals surface area contributed by atoms with Crippen LogP contribution < -0.4 is 15.5 Å². The van der Waals surface area contributed by atoms with Crippen molar-refractivity contribution in [3.05, 3.63) is 52.2 Å². The van der Waals surface area contributed by atoms with E-state index in [2.05, 4.69) is 10.6 Å². The Labute approximate surface area is 139 Å². The van der Waals surface area contributed by atoms with Crippen molar-refractivity contribution in [3.8, 4) is 0 Å². The molecule has 3 rings (SSSR count). The second-order valence-electron chi connectivity index (χ2n) is 5.59. The summed E-state index contributed by atoms with van der Waals surface area (Å²) in [6.45, 7) is 3.05. The number of para-hydroxylation sites is 1. The number of rotatable bonds is 4. The molecule has 0 radical (unpaired) electrons. The third-order valence-electron chi connectivity index (χ3n) is 3.91. The Hall–Kier alpha value is -2.34. The van der Waals surface area contributed by atoms with Crippen molar-refractivity contribution in [1.82, 2.24) is 10.6 Å². The highest BCUT2D eigenvalue weighted by Crippen LogP contribution is 2.21. The number of anilines is 1. The van der Waals surface area contributed by atoms with Crippen molar-refractivity contribution in [3.63, 3.8) is 0 Å². The highest BCUT2D eigenvalue weighted by Gasteiger charge is 2.31. The molecular weight excluding hydrogens is 310 g/mol. The molecule has 1 aromatic carbocycles. The minimum Gasteiger partial charge on any atom is -0.333 e. The highest BCUT2D eigenvalue weighted by atomic mass is 32.1. The molecule has 2 aromatic rings. The lowest BCUT2D eigenvalue weighted by Crippen LogP contribution is -2.43. The Bertz CT molecular complexity index is 699. The van der Waals surface area contributed by atoms with Crippen molar-refractivity contribution < 1.29 is 9.59 Å². The molecule has 3 amide bonds. The topological polar surface area (TPSA) is 61.4 Å². The molecule has 0 aliphatic carbocycles. The molecule has 120 valence electrons. The van der Waals surface area contributed by atoms with Gasteiger partial charge in [-0.25, -0.2) is 4.79 Å². The van der Waals surface area contributed by atoms with Crippen LogP contribution in [0.1, 0.15) is 16.9 Å². The minimum absolute atomic E-state index is 0.0376. The Balaban J connectivity index is 1.52. The monoisotopic (exact) mass is 329 g/mol. The number of amides is 3. The van der Waals surface area contributed by atoms with Gasteiger partial charge in [0.1, 0.15) is 0 Å². The van der Waals surface area contributed by atoms with E-state index in [1.165, 1.54) is 5.56 Å². The fraction of sp³-hybridized carbons (Fsp3) is 0.294. The lowest BCUT2D eigenvalue weighted by molar-refractivity contribution is -0.117. The van der Waals surface area contributed by atoms with E-state index in [4.69, 9.17) is 0 Å². The summed E-state index contributed by atoms with van der Waals surface area (Å²) >= 11 is 1.63. The van der Waals surface area contributed by atoms with E-state index in [0.717, 1.165) is 10.6 Å². The molecule has 6 heteroatoms. The zero-order chi connectivity index (χ0) is 16.2.